The molecule has 0 unspecified atom stereocenters. The van der Waals surface area contributed by atoms with Crippen LogP contribution in [0, 0.1) is 13.8 Å². The predicted octanol–water partition coefficient (Wildman–Crippen LogP) is 4.99. The molecular formula is C19H20Cl2N2O2. The SMILES string of the molecule is CC(=O)N(CCC(=O)Nc1cccc(C)c1C)c1ccc(Cl)c(Cl)c1. The molecule has 0 aliphatic rings. The van der Waals surface area contributed by atoms with Gasteiger partial charge in [-0.15, -0.1) is 0 Å². The van der Waals surface area contributed by atoms with Gasteiger partial charge in [-0.3, -0.25) is 9.59 Å². The Hall–Kier alpha value is -2.04. The highest BCUT2D eigenvalue weighted by molar-refractivity contribution is 6.42. The van der Waals surface area contributed by atoms with E-state index in [4.69, 9.17) is 23.2 Å². The molecule has 2 aromatic rings. The highest BCUT2D eigenvalue weighted by Crippen LogP contribution is 2.27. The van der Waals surface area contributed by atoms with Gasteiger partial charge in [0.1, 0.15) is 0 Å². The molecule has 2 amide bonds. The van der Waals surface area contributed by atoms with Crippen LogP contribution in [0.2, 0.25) is 10.0 Å². The normalized spacial score (nSPS) is 10.4. The lowest BCUT2D eigenvalue weighted by molar-refractivity contribution is -0.117. The van der Waals surface area contributed by atoms with Crippen LogP contribution in [0.15, 0.2) is 36.4 Å². The standard InChI is InChI=1S/C19H20Cl2N2O2/c1-12-5-4-6-18(13(12)2)22-19(25)9-10-23(14(3)24)15-7-8-16(20)17(21)11-15/h4-8,11H,9-10H2,1-3H3,(H,22,25). The molecule has 0 aliphatic carbocycles. The molecule has 2 rings (SSSR count). The average molecular weight is 379 g/mol. The molecule has 0 radical (unpaired) electrons. The van der Waals surface area contributed by atoms with E-state index in [2.05, 4.69) is 5.32 Å². The topological polar surface area (TPSA) is 49.4 Å². The second kappa shape index (κ2) is 8.37. The Morgan fingerprint density at radius 3 is 2.44 bits per heavy atom. The molecule has 0 saturated carbocycles. The van der Waals surface area contributed by atoms with E-state index in [0.717, 1.165) is 16.8 Å². The summed E-state index contributed by atoms with van der Waals surface area (Å²) in [7, 11) is 0. The van der Waals surface area contributed by atoms with Crippen molar-refractivity contribution in [3.63, 3.8) is 0 Å². The van der Waals surface area contributed by atoms with Crippen molar-refractivity contribution in [2.24, 2.45) is 0 Å². The summed E-state index contributed by atoms with van der Waals surface area (Å²) in [4.78, 5) is 25.7. The third-order valence-electron chi connectivity index (χ3n) is 4.04. The van der Waals surface area contributed by atoms with Crippen LogP contribution in [-0.2, 0) is 9.59 Å². The van der Waals surface area contributed by atoms with Gasteiger partial charge in [-0.05, 0) is 49.2 Å². The van der Waals surface area contributed by atoms with E-state index >= 15 is 0 Å². The Balaban J connectivity index is 2.05. The highest BCUT2D eigenvalue weighted by atomic mass is 35.5. The zero-order chi connectivity index (χ0) is 18.6. The molecule has 0 saturated heterocycles. The van der Waals surface area contributed by atoms with E-state index in [1.807, 2.05) is 32.0 Å². The first-order valence-corrected chi connectivity index (χ1v) is 8.64. The summed E-state index contributed by atoms with van der Waals surface area (Å²) in [5.41, 5.74) is 3.54. The number of nitrogens with zero attached hydrogens (tertiary/aromatic N) is 1. The number of amides is 2. The minimum atomic E-state index is -0.169. The number of hydrogen-bond acceptors (Lipinski definition) is 2. The van der Waals surface area contributed by atoms with Crippen molar-refractivity contribution in [2.75, 3.05) is 16.8 Å². The monoisotopic (exact) mass is 378 g/mol. The fraction of sp³-hybridized carbons (Fsp3) is 0.263. The number of halogens is 2. The Morgan fingerprint density at radius 2 is 1.80 bits per heavy atom. The van der Waals surface area contributed by atoms with Crippen molar-refractivity contribution in [1.82, 2.24) is 0 Å². The van der Waals surface area contributed by atoms with Gasteiger partial charge in [0.05, 0.1) is 10.0 Å². The van der Waals surface area contributed by atoms with Crippen molar-refractivity contribution < 1.29 is 9.59 Å². The van der Waals surface area contributed by atoms with Crippen LogP contribution in [0.25, 0.3) is 0 Å². The number of benzene rings is 2. The predicted molar refractivity (Wildman–Crippen MR) is 104 cm³/mol. The molecule has 0 bridgehead atoms. The first kappa shape index (κ1) is 19.3. The molecule has 0 aromatic heterocycles. The van der Waals surface area contributed by atoms with E-state index in [9.17, 15) is 9.59 Å². The first-order chi connectivity index (χ1) is 11.8. The zero-order valence-corrected chi connectivity index (χ0v) is 15.9. The number of anilines is 2. The molecule has 0 atom stereocenters. The number of aryl methyl sites for hydroxylation is 1. The molecule has 132 valence electrons. The van der Waals surface area contributed by atoms with Gasteiger partial charge in [0.15, 0.2) is 0 Å². The molecule has 2 aromatic carbocycles. The quantitative estimate of drug-likeness (QED) is 0.796. The molecule has 0 heterocycles. The Kier molecular flexibility index (Phi) is 6.45. The molecule has 0 spiro atoms. The summed E-state index contributed by atoms with van der Waals surface area (Å²) in [5.74, 6) is -0.321. The fourth-order valence-corrected chi connectivity index (χ4v) is 2.73. The summed E-state index contributed by atoms with van der Waals surface area (Å²) in [6.07, 6.45) is 0.174. The molecule has 0 fully saturated rings. The average Bonchev–Trinajstić information content (AvgIpc) is 2.55. The highest BCUT2D eigenvalue weighted by Gasteiger charge is 2.15. The molecular weight excluding hydrogens is 359 g/mol. The minimum Gasteiger partial charge on any atom is -0.326 e. The van der Waals surface area contributed by atoms with E-state index in [1.165, 1.54) is 11.8 Å². The third-order valence-corrected chi connectivity index (χ3v) is 4.78. The van der Waals surface area contributed by atoms with Gasteiger partial charge in [0.25, 0.3) is 0 Å². The van der Waals surface area contributed by atoms with Gasteiger partial charge in [0.2, 0.25) is 11.8 Å². The van der Waals surface area contributed by atoms with Crippen LogP contribution >= 0.6 is 23.2 Å². The molecule has 0 aliphatic heterocycles. The number of rotatable bonds is 5. The van der Waals surface area contributed by atoms with E-state index in [-0.39, 0.29) is 24.8 Å². The van der Waals surface area contributed by atoms with E-state index in [1.54, 1.807) is 18.2 Å². The summed E-state index contributed by atoms with van der Waals surface area (Å²) in [6, 6.07) is 10.7. The Bertz CT molecular complexity index is 806. The van der Waals surface area contributed by atoms with Crippen molar-refractivity contribution in [3.8, 4) is 0 Å². The van der Waals surface area contributed by atoms with Crippen LogP contribution in [0.3, 0.4) is 0 Å². The maximum Gasteiger partial charge on any atom is 0.226 e. The summed E-state index contributed by atoms with van der Waals surface area (Å²) in [6.45, 7) is 5.66. The van der Waals surface area contributed by atoms with Crippen molar-refractivity contribution in [2.45, 2.75) is 27.2 Å². The number of carbonyl (C=O) groups excluding carboxylic acids is 2. The number of nitrogens with one attached hydrogen (secondary N) is 1. The van der Waals surface area contributed by atoms with Crippen LogP contribution in [-0.4, -0.2) is 18.4 Å². The molecule has 4 nitrogen and oxygen atoms in total. The van der Waals surface area contributed by atoms with Gasteiger partial charge in [-0.1, -0.05) is 35.3 Å². The maximum absolute atomic E-state index is 12.3. The van der Waals surface area contributed by atoms with Crippen molar-refractivity contribution in [3.05, 3.63) is 57.6 Å². The lowest BCUT2D eigenvalue weighted by Crippen LogP contribution is -2.32. The maximum atomic E-state index is 12.3. The zero-order valence-electron chi connectivity index (χ0n) is 14.4. The minimum absolute atomic E-state index is 0.153. The fourth-order valence-electron chi connectivity index (χ4n) is 2.43. The molecule has 1 N–H and O–H groups in total. The first-order valence-electron chi connectivity index (χ1n) is 7.89. The van der Waals surface area contributed by atoms with Crippen LogP contribution in [0.4, 0.5) is 11.4 Å². The summed E-state index contributed by atoms with van der Waals surface area (Å²) < 4.78 is 0. The number of hydrogen-bond donors (Lipinski definition) is 1. The van der Waals surface area contributed by atoms with Crippen molar-refractivity contribution >= 4 is 46.4 Å². The van der Waals surface area contributed by atoms with Crippen LogP contribution in [0.1, 0.15) is 24.5 Å². The third kappa shape index (κ3) is 4.97. The molecule has 6 heteroatoms. The largest absolute Gasteiger partial charge is 0.326 e. The Morgan fingerprint density at radius 1 is 1.08 bits per heavy atom. The van der Waals surface area contributed by atoms with Crippen molar-refractivity contribution in [1.29, 1.82) is 0 Å². The van der Waals surface area contributed by atoms with Gasteiger partial charge < -0.3 is 10.2 Å². The smallest absolute Gasteiger partial charge is 0.226 e. The lowest BCUT2D eigenvalue weighted by atomic mass is 10.1. The second-order valence-corrected chi connectivity index (χ2v) is 6.63. The van der Waals surface area contributed by atoms with Gasteiger partial charge in [-0.25, -0.2) is 0 Å². The van der Waals surface area contributed by atoms with E-state index in [0.29, 0.717) is 15.7 Å². The van der Waals surface area contributed by atoms with Gasteiger partial charge in [0, 0.05) is 31.3 Å². The summed E-state index contributed by atoms with van der Waals surface area (Å²) in [5, 5.41) is 3.68. The number of carbonyl (C=O) groups is 2. The van der Waals surface area contributed by atoms with Gasteiger partial charge >= 0.3 is 0 Å². The Labute approximate surface area is 157 Å². The second-order valence-electron chi connectivity index (χ2n) is 5.81. The van der Waals surface area contributed by atoms with Crippen LogP contribution < -0.4 is 10.2 Å². The van der Waals surface area contributed by atoms with E-state index < -0.39 is 0 Å². The summed E-state index contributed by atoms with van der Waals surface area (Å²) >= 11 is 11.9. The van der Waals surface area contributed by atoms with Crippen LogP contribution in [0.5, 0.6) is 0 Å². The lowest BCUT2D eigenvalue weighted by Gasteiger charge is -2.21. The molecule has 25 heavy (non-hydrogen) atoms. The van der Waals surface area contributed by atoms with Gasteiger partial charge in [-0.2, -0.15) is 0 Å².